The van der Waals surface area contributed by atoms with Crippen LogP contribution in [-0.2, 0) is 6.54 Å². The second-order valence-corrected chi connectivity index (χ2v) is 5.48. The average molecular weight is 266 g/mol. The van der Waals surface area contributed by atoms with Crippen molar-refractivity contribution < 1.29 is 14.4 Å². The molecule has 1 saturated carbocycles. The molecular formula is C14H22N2O3. The molecule has 0 amide bonds. The van der Waals surface area contributed by atoms with Crippen LogP contribution in [0.15, 0.2) is 10.6 Å². The van der Waals surface area contributed by atoms with Gasteiger partial charge in [-0.1, -0.05) is 18.5 Å². The zero-order valence-corrected chi connectivity index (χ0v) is 11.6. The quantitative estimate of drug-likeness (QED) is 0.887. The van der Waals surface area contributed by atoms with E-state index in [4.69, 9.17) is 9.63 Å². The Morgan fingerprint density at radius 2 is 2.16 bits per heavy atom. The molecule has 0 unspecified atom stereocenters. The number of hydrogen-bond donors (Lipinski definition) is 1. The van der Waals surface area contributed by atoms with Gasteiger partial charge in [0, 0.05) is 12.1 Å². The van der Waals surface area contributed by atoms with Crippen molar-refractivity contribution in [1.82, 2.24) is 10.1 Å². The van der Waals surface area contributed by atoms with Gasteiger partial charge in [0.2, 0.25) is 0 Å². The third-order valence-corrected chi connectivity index (χ3v) is 4.20. The Balaban J connectivity index is 1.86. The summed E-state index contributed by atoms with van der Waals surface area (Å²) in [6, 6.07) is 2.08. The molecule has 5 nitrogen and oxygen atoms in total. The number of carbonyl (C=O) groups is 1. The minimum Gasteiger partial charge on any atom is -0.476 e. The Morgan fingerprint density at radius 3 is 2.68 bits per heavy atom. The standard InChI is InChI=1S/C14H22N2O3/c1-3-10-4-6-11(7-5-10)16(2)9-12-8-13(14(17)18)15-19-12/h8,10-11H,3-7,9H2,1-2H3,(H,17,18). The molecule has 0 atom stereocenters. The number of carboxylic acids is 1. The van der Waals surface area contributed by atoms with Crippen molar-refractivity contribution in [3.8, 4) is 0 Å². The molecule has 0 aromatic carbocycles. The maximum absolute atomic E-state index is 10.7. The van der Waals surface area contributed by atoms with Gasteiger partial charge in [-0.15, -0.1) is 0 Å². The van der Waals surface area contributed by atoms with Crippen LogP contribution < -0.4 is 0 Å². The second-order valence-electron chi connectivity index (χ2n) is 5.48. The summed E-state index contributed by atoms with van der Waals surface area (Å²) in [7, 11) is 2.07. The van der Waals surface area contributed by atoms with Gasteiger partial charge in [-0.25, -0.2) is 4.79 Å². The van der Waals surface area contributed by atoms with Gasteiger partial charge >= 0.3 is 5.97 Å². The molecule has 106 valence electrons. The molecule has 1 aromatic heterocycles. The van der Waals surface area contributed by atoms with Crippen LogP contribution in [0.1, 0.15) is 55.3 Å². The van der Waals surface area contributed by atoms with E-state index in [2.05, 4.69) is 24.0 Å². The van der Waals surface area contributed by atoms with Crippen LogP contribution in [0.5, 0.6) is 0 Å². The van der Waals surface area contributed by atoms with Crippen molar-refractivity contribution in [3.05, 3.63) is 17.5 Å². The van der Waals surface area contributed by atoms with Gasteiger partial charge in [0.05, 0.1) is 6.54 Å². The van der Waals surface area contributed by atoms with E-state index in [1.54, 1.807) is 0 Å². The Hall–Kier alpha value is -1.36. The Bertz CT molecular complexity index is 422. The fraction of sp³-hybridized carbons (Fsp3) is 0.714. The molecule has 1 aliphatic rings. The number of rotatable bonds is 5. The van der Waals surface area contributed by atoms with Crippen LogP contribution >= 0.6 is 0 Å². The molecule has 1 N–H and O–H groups in total. The normalized spacial score (nSPS) is 23.7. The molecule has 0 radical (unpaired) electrons. The van der Waals surface area contributed by atoms with Crippen LogP contribution in [0.2, 0.25) is 0 Å². The van der Waals surface area contributed by atoms with Gasteiger partial charge in [0.25, 0.3) is 0 Å². The topological polar surface area (TPSA) is 66.6 Å². The largest absolute Gasteiger partial charge is 0.476 e. The molecule has 19 heavy (non-hydrogen) atoms. The molecule has 0 bridgehead atoms. The Labute approximate surface area is 113 Å². The third-order valence-electron chi connectivity index (χ3n) is 4.20. The molecule has 1 heterocycles. The summed E-state index contributed by atoms with van der Waals surface area (Å²) < 4.78 is 5.06. The molecule has 0 aliphatic heterocycles. The zero-order chi connectivity index (χ0) is 13.8. The van der Waals surface area contributed by atoms with Crippen LogP contribution in [0, 0.1) is 5.92 Å². The fourth-order valence-corrected chi connectivity index (χ4v) is 2.86. The highest BCUT2D eigenvalue weighted by atomic mass is 16.5. The van der Waals surface area contributed by atoms with E-state index < -0.39 is 5.97 Å². The van der Waals surface area contributed by atoms with E-state index in [9.17, 15) is 4.79 Å². The summed E-state index contributed by atoms with van der Waals surface area (Å²) >= 11 is 0. The molecule has 1 fully saturated rings. The van der Waals surface area contributed by atoms with Crippen molar-refractivity contribution in [1.29, 1.82) is 0 Å². The summed E-state index contributed by atoms with van der Waals surface area (Å²) in [5.74, 6) is 0.465. The molecule has 5 heteroatoms. The van der Waals surface area contributed by atoms with E-state index in [-0.39, 0.29) is 5.69 Å². The fourth-order valence-electron chi connectivity index (χ4n) is 2.86. The lowest BCUT2D eigenvalue weighted by atomic mass is 9.84. The van der Waals surface area contributed by atoms with E-state index in [1.807, 2.05) is 0 Å². The van der Waals surface area contributed by atoms with Crippen molar-refractivity contribution in [3.63, 3.8) is 0 Å². The van der Waals surface area contributed by atoms with Gasteiger partial charge in [-0.05, 0) is 38.6 Å². The van der Waals surface area contributed by atoms with E-state index in [0.29, 0.717) is 18.3 Å². The molecule has 1 aromatic rings. The SMILES string of the molecule is CCC1CCC(N(C)Cc2cc(C(=O)O)no2)CC1. The van der Waals surface area contributed by atoms with Crippen LogP contribution in [-0.4, -0.2) is 34.2 Å². The zero-order valence-electron chi connectivity index (χ0n) is 11.6. The monoisotopic (exact) mass is 266 g/mol. The Morgan fingerprint density at radius 1 is 1.47 bits per heavy atom. The smallest absolute Gasteiger partial charge is 0.358 e. The first-order valence-electron chi connectivity index (χ1n) is 6.99. The lowest BCUT2D eigenvalue weighted by molar-refractivity contribution is 0.0685. The van der Waals surface area contributed by atoms with Crippen molar-refractivity contribution in [2.24, 2.45) is 5.92 Å². The van der Waals surface area contributed by atoms with Crippen molar-refractivity contribution >= 4 is 5.97 Å². The molecule has 2 rings (SSSR count). The lowest BCUT2D eigenvalue weighted by Gasteiger charge is -2.33. The molecule has 0 saturated heterocycles. The highest BCUT2D eigenvalue weighted by molar-refractivity contribution is 5.85. The Kier molecular flexibility index (Phi) is 4.58. The first-order valence-corrected chi connectivity index (χ1v) is 6.99. The van der Waals surface area contributed by atoms with Gasteiger partial charge in [0.15, 0.2) is 11.5 Å². The van der Waals surface area contributed by atoms with E-state index in [0.717, 1.165) is 5.92 Å². The number of aromatic nitrogens is 1. The van der Waals surface area contributed by atoms with Crippen molar-refractivity contribution in [2.45, 2.75) is 51.6 Å². The van der Waals surface area contributed by atoms with E-state index >= 15 is 0 Å². The maximum atomic E-state index is 10.7. The predicted octanol–water partition coefficient (Wildman–Crippen LogP) is 2.77. The highest BCUT2D eigenvalue weighted by Crippen LogP contribution is 2.29. The number of aromatic carboxylic acids is 1. The second kappa shape index (κ2) is 6.19. The summed E-state index contributed by atoms with van der Waals surface area (Å²) in [6.45, 7) is 2.89. The van der Waals surface area contributed by atoms with Crippen molar-refractivity contribution in [2.75, 3.05) is 7.05 Å². The summed E-state index contributed by atoms with van der Waals surface area (Å²) in [6.07, 6.45) is 6.30. The average Bonchev–Trinajstić information content (AvgIpc) is 2.87. The summed E-state index contributed by atoms with van der Waals surface area (Å²) in [4.78, 5) is 13.0. The maximum Gasteiger partial charge on any atom is 0.358 e. The lowest BCUT2D eigenvalue weighted by Crippen LogP contribution is -2.34. The van der Waals surface area contributed by atoms with Crippen LogP contribution in [0.3, 0.4) is 0 Å². The summed E-state index contributed by atoms with van der Waals surface area (Å²) in [5, 5.41) is 12.3. The highest BCUT2D eigenvalue weighted by Gasteiger charge is 2.24. The number of nitrogens with zero attached hydrogens (tertiary/aromatic N) is 2. The van der Waals surface area contributed by atoms with Gasteiger partial charge in [-0.3, -0.25) is 4.90 Å². The first-order chi connectivity index (χ1) is 9.10. The number of carboxylic acid groups (broad SMARTS) is 1. The molecule has 1 aliphatic carbocycles. The number of hydrogen-bond acceptors (Lipinski definition) is 4. The summed E-state index contributed by atoms with van der Waals surface area (Å²) in [5.41, 5.74) is -0.0157. The van der Waals surface area contributed by atoms with Gasteiger partial charge in [-0.2, -0.15) is 0 Å². The minimum atomic E-state index is -1.04. The van der Waals surface area contributed by atoms with Gasteiger partial charge in [0.1, 0.15) is 0 Å². The predicted molar refractivity (Wildman–Crippen MR) is 71.0 cm³/mol. The first kappa shape index (κ1) is 14.1. The van der Waals surface area contributed by atoms with Crippen LogP contribution in [0.25, 0.3) is 0 Å². The molecule has 0 spiro atoms. The minimum absolute atomic E-state index is 0.0157. The van der Waals surface area contributed by atoms with E-state index in [1.165, 1.54) is 38.2 Å². The van der Waals surface area contributed by atoms with Gasteiger partial charge < -0.3 is 9.63 Å². The molecular weight excluding hydrogens is 244 g/mol. The third kappa shape index (κ3) is 3.56. The van der Waals surface area contributed by atoms with Crippen LogP contribution in [0.4, 0.5) is 0 Å².